The Kier molecular flexibility index (Phi) is 3.90. The van der Waals surface area contributed by atoms with Crippen LogP contribution in [-0.4, -0.2) is 22.4 Å². The number of nitrogens with one attached hydrogen (secondary N) is 1. The lowest BCUT2D eigenvalue weighted by Crippen LogP contribution is -2.31. The van der Waals surface area contributed by atoms with Crippen molar-refractivity contribution in [3.8, 4) is 6.07 Å². The molecule has 1 unspecified atom stereocenters. The van der Waals surface area contributed by atoms with Gasteiger partial charge in [-0.15, -0.1) is 0 Å². The summed E-state index contributed by atoms with van der Waals surface area (Å²) in [5, 5.41) is 14.9. The zero-order chi connectivity index (χ0) is 12.2. The largest absolute Gasteiger partial charge is 0.435 e. The summed E-state index contributed by atoms with van der Waals surface area (Å²) in [6.45, 7) is 2.49. The van der Waals surface area contributed by atoms with Crippen molar-refractivity contribution >= 4 is 0 Å². The Hall–Kier alpha value is -1.55. The molecule has 1 atom stereocenters. The van der Waals surface area contributed by atoms with Gasteiger partial charge in [-0.05, 0) is 12.6 Å². The zero-order valence-corrected chi connectivity index (χ0v) is 8.62. The third-order valence-corrected chi connectivity index (χ3v) is 1.91. The van der Waals surface area contributed by atoms with Gasteiger partial charge >= 0.3 is 6.18 Å². The Morgan fingerprint density at radius 2 is 2.31 bits per heavy atom. The first-order chi connectivity index (χ1) is 7.47. The fourth-order valence-corrected chi connectivity index (χ4v) is 1.20. The third-order valence-electron chi connectivity index (χ3n) is 1.91. The summed E-state index contributed by atoms with van der Waals surface area (Å²) in [6.07, 6.45) is -3.23. The summed E-state index contributed by atoms with van der Waals surface area (Å²) < 4.78 is 37.7. The molecule has 0 radical (unpaired) electrons. The van der Waals surface area contributed by atoms with Gasteiger partial charge in [0.1, 0.15) is 6.04 Å². The first-order valence-corrected chi connectivity index (χ1v) is 4.71. The maximum atomic E-state index is 12.2. The van der Waals surface area contributed by atoms with Gasteiger partial charge in [0, 0.05) is 6.20 Å². The molecule has 0 aliphatic heterocycles. The number of likely N-dealkylation sites (N-methyl/N-ethyl adjacent to an activating group) is 1. The predicted octanol–water partition coefficient (Wildman–Crippen LogP) is 1.40. The molecule has 88 valence electrons. The van der Waals surface area contributed by atoms with Crippen LogP contribution in [0.2, 0.25) is 0 Å². The minimum absolute atomic E-state index is 0.0976. The van der Waals surface area contributed by atoms with E-state index in [-0.39, 0.29) is 6.54 Å². The third kappa shape index (κ3) is 3.24. The summed E-state index contributed by atoms with van der Waals surface area (Å²) in [4.78, 5) is 0. The van der Waals surface area contributed by atoms with Gasteiger partial charge in [0.15, 0.2) is 5.69 Å². The maximum Gasteiger partial charge on any atom is 0.435 e. The number of alkyl halides is 3. The van der Waals surface area contributed by atoms with Gasteiger partial charge in [-0.3, -0.25) is 4.68 Å². The highest BCUT2D eigenvalue weighted by Crippen LogP contribution is 2.27. The van der Waals surface area contributed by atoms with E-state index in [2.05, 4.69) is 10.4 Å². The molecule has 0 aromatic carbocycles. The molecule has 0 saturated heterocycles. The van der Waals surface area contributed by atoms with Crippen LogP contribution in [0.15, 0.2) is 12.3 Å². The van der Waals surface area contributed by atoms with E-state index in [1.54, 1.807) is 0 Å². The molecule has 0 aliphatic carbocycles. The smallest absolute Gasteiger partial charge is 0.301 e. The van der Waals surface area contributed by atoms with Gasteiger partial charge in [-0.25, -0.2) is 0 Å². The normalized spacial score (nSPS) is 13.4. The van der Waals surface area contributed by atoms with Crippen LogP contribution in [0.5, 0.6) is 0 Å². The van der Waals surface area contributed by atoms with Crippen molar-refractivity contribution in [2.75, 3.05) is 6.54 Å². The number of nitriles is 1. The molecule has 1 rings (SSSR count). The lowest BCUT2D eigenvalue weighted by molar-refractivity contribution is -0.141. The summed E-state index contributed by atoms with van der Waals surface area (Å²) in [5.41, 5.74) is -0.944. The van der Waals surface area contributed by atoms with E-state index in [1.165, 1.54) is 6.20 Å². The van der Waals surface area contributed by atoms with E-state index in [1.807, 2.05) is 13.0 Å². The summed E-state index contributed by atoms with van der Waals surface area (Å²) in [6, 6.07) is 2.30. The number of halogens is 3. The van der Waals surface area contributed by atoms with E-state index in [0.29, 0.717) is 6.54 Å². The standard InChI is InChI=1S/C9H11F3N4/c1-2-14-7(5-13)6-16-4-3-8(15-16)9(10,11)12/h3-4,7,14H,2,6H2,1H3. The highest BCUT2D eigenvalue weighted by atomic mass is 19.4. The number of aromatic nitrogens is 2. The molecule has 1 heterocycles. The molecular formula is C9H11F3N4. The molecule has 0 aliphatic rings. The van der Waals surface area contributed by atoms with Crippen molar-refractivity contribution in [3.63, 3.8) is 0 Å². The second kappa shape index (κ2) is 4.99. The average molecular weight is 232 g/mol. The van der Waals surface area contributed by atoms with Crippen LogP contribution in [-0.2, 0) is 12.7 Å². The first kappa shape index (κ1) is 12.5. The van der Waals surface area contributed by atoms with Crippen LogP contribution >= 0.6 is 0 Å². The fraction of sp³-hybridized carbons (Fsp3) is 0.556. The molecule has 1 N–H and O–H groups in total. The molecule has 0 bridgehead atoms. The van der Waals surface area contributed by atoms with E-state index < -0.39 is 17.9 Å². The Balaban J connectivity index is 2.69. The van der Waals surface area contributed by atoms with E-state index in [4.69, 9.17) is 5.26 Å². The van der Waals surface area contributed by atoms with Gasteiger partial charge < -0.3 is 5.32 Å². The van der Waals surface area contributed by atoms with Gasteiger partial charge in [0.2, 0.25) is 0 Å². The number of hydrogen-bond donors (Lipinski definition) is 1. The quantitative estimate of drug-likeness (QED) is 0.853. The van der Waals surface area contributed by atoms with Crippen molar-refractivity contribution in [2.45, 2.75) is 25.7 Å². The average Bonchev–Trinajstić information content (AvgIpc) is 2.65. The van der Waals surface area contributed by atoms with Crippen molar-refractivity contribution in [1.29, 1.82) is 5.26 Å². The monoisotopic (exact) mass is 232 g/mol. The molecular weight excluding hydrogens is 221 g/mol. The van der Waals surface area contributed by atoms with E-state index in [0.717, 1.165) is 10.7 Å². The van der Waals surface area contributed by atoms with Crippen molar-refractivity contribution in [1.82, 2.24) is 15.1 Å². The SMILES string of the molecule is CCNC(C#N)Cn1ccc(C(F)(F)F)n1. The Bertz CT molecular complexity index is 377. The van der Waals surface area contributed by atoms with Crippen molar-refractivity contribution < 1.29 is 13.2 Å². The highest BCUT2D eigenvalue weighted by molar-refractivity contribution is 5.04. The molecule has 1 aromatic rings. The maximum absolute atomic E-state index is 12.2. The Morgan fingerprint density at radius 3 is 2.75 bits per heavy atom. The van der Waals surface area contributed by atoms with Crippen LogP contribution in [0.25, 0.3) is 0 Å². The van der Waals surface area contributed by atoms with Crippen LogP contribution in [0.1, 0.15) is 12.6 Å². The summed E-state index contributed by atoms with van der Waals surface area (Å²) >= 11 is 0. The minimum Gasteiger partial charge on any atom is -0.301 e. The summed E-state index contributed by atoms with van der Waals surface area (Å²) in [5.74, 6) is 0. The predicted molar refractivity (Wildman–Crippen MR) is 50.3 cm³/mol. The number of nitrogens with zero attached hydrogens (tertiary/aromatic N) is 3. The lowest BCUT2D eigenvalue weighted by Gasteiger charge is -2.09. The lowest BCUT2D eigenvalue weighted by atomic mass is 10.3. The molecule has 16 heavy (non-hydrogen) atoms. The highest BCUT2D eigenvalue weighted by Gasteiger charge is 2.33. The second-order valence-electron chi connectivity index (χ2n) is 3.16. The van der Waals surface area contributed by atoms with E-state index in [9.17, 15) is 13.2 Å². The zero-order valence-electron chi connectivity index (χ0n) is 8.62. The molecule has 0 fully saturated rings. The molecule has 1 aromatic heterocycles. The number of rotatable bonds is 4. The van der Waals surface area contributed by atoms with Crippen LogP contribution in [0.3, 0.4) is 0 Å². The summed E-state index contributed by atoms with van der Waals surface area (Å²) in [7, 11) is 0. The first-order valence-electron chi connectivity index (χ1n) is 4.71. The van der Waals surface area contributed by atoms with E-state index >= 15 is 0 Å². The fourth-order valence-electron chi connectivity index (χ4n) is 1.20. The molecule has 4 nitrogen and oxygen atoms in total. The van der Waals surface area contributed by atoms with Crippen LogP contribution in [0.4, 0.5) is 13.2 Å². The van der Waals surface area contributed by atoms with Crippen LogP contribution in [0, 0.1) is 11.3 Å². The molecule has 0 saturated carbocycles. The van der Waals surface area contributed by atoms with Gasteiger partial charge in [0.25, 0.3) is 0 Å². The Labute approximate surface area is 90.7 Å². The minimum atomic E-state index is -4.44. The van der Waals surface area contributed by atoms with Gasteiger partial charge in [-0.1, -0.05) is 6.92 Å². The van der Waals surface area contributed by atoms with Gasteiger partial charge in [-0.2, -0.15) is 23.5 Å². The topological polar surface area (TPSA) is 53.6 Å². The molecule has 0 amide bonds. The van der Waals surface area contributed by atoms with Gasteiger partial charge in [0.05, 0.1) is 12.6 Å². The second-order valence-corrected chi connectivity index (χ2v) is 3.16. The Morgan fingerprint density at radius 1 is 1.62 bits per heavy atom. The number of hydrogen-bond acceptors (Lipinski definition) is 3. The van der Waals surface area contributed by atoms with Crippen molar-refractivity contribution in [3.05, 3.63) is 18.0 Å². The molecule has 0 spiro atoms. The van der Waals surface area contributed by atoms with Crippen LogP contribution < -0.4 is 5.32 Å². The van der Waals surface area contributed by atoms with Crippen molar-refractivity contribution in [2.24, 2.45) is 0 Å². The molecule has 7 heteroatoms.